The van der Waals surface area contributed by atoms with Gasteiger partial charge >= 0.3 is 5.97 Å². The fraction of sp³-hybridized carbons (Fsp3) is 0.462. The normalized spacial score (nSPS) is 23.4. The van der Waals surface area contributed by atoms with E-state index < -0.39 is 32.1 Å². The Hall–Kier alpha value is -1.18. The van der Waals surface area contributed by atoms with Crippen LogP contribution in [-0.4, -0.2) is 36.9 Å². The summed E-state index contributed by atoms with van der Waals surface area (Å²) in [4.78, 5) is 10.8. The van der Waals surface area contributed by atoms with Crippen LogP contribution in [0.15, 0.2) is 23.1 Å². The van der Waals surface area contributed by atoms with E-state index in [2.05, 4.69) is 0 Å². The third-order valence-corrected chi connectivity index (χ3v) is 6.14. The van der Waals surface area contributed by atoms with Gasteiger partial charge in [-0.25, -0.2) is 12.8 Å². The van der Waals surface area contributed by atoms with Crippen LogP contribution in [0.3, 0.4) is 0 Å². The molecule has 1 aromatic carbocycles. The summed E-state index contributed by atoms with van der Waals surface area (Å²) in [6, 6.07) is 3.73. The summed E-state index contributed by atoms with van der Waals surface area (Å²) < 4.78 is 39.9. The van der Waals surface area contributed by atoms with Crippen molar-refractivity contribution < 1.29 is 22.7 Å². The third-order valence-electron chi connectivity index (χ3n) is 3.98. The van der Waals surface area contributed by atoms with Crippen molar-refractivity contribution in [2.24, 2.45) is 5.41 Å². The van der Waals surface area contributed by atoms with Gasteiger partial charge in [-0.15, -0.1) is 0 Å². The molecule has 0 spiro atoms. The molecule has 1 atom stereocenters. The Balaban J connectivity index is 2.39. The fourth-order valence-corrected chi connectivity index (χ4v) is 4.32. The van der Waals surface area contributed by atoms with Crippen LogP contribution in [0, 0.1) is 11.2 Å². The number of aliphatic carboxylic acids is 1. The molecule has 1 aromatic rings. The Morgan fingerprint density at radius 2 is 2.19 bits per heavy atom. The zero-order valence-corrected chi connectivity index (χ0v) is 12.9. The highest BCUT2D eigenvalue weighted by Crippen LogP contribution is 2.37. The van der Waals surface area contributed by atoms with Gasteiger partial charge in [0.2, 0.25) is 10.0 Å². The quantitative estimate of drug-likeness (QED) is 0.916. The van der Waals surface area contributed by atoms with Crippen molar-refractivity contribution in [3.05, 3.63) is 29.0 Å². The summed E-state index contributed by atoms with van der Waals surface area (Å²) in [5.74, 6) is -2.04. The highest BCUT2D eigenvalue weighted by Gasteiger charge is 2.47. The van der Waals surface area contributed by atoms with Gasteiger partial charge in [-0.2, -0.15) is 4.31 Å². The molecule has 21 heavy (non-hydrogen) atoms. The van der Waals surface area contributed by atoms with Gasteiger partial charge in [0.25, 0.3) is 0 Å². The van der Waals surface area contributed by atoms with Gasteiger partial charge < -0.3 is 5.11 Å². The summed E-state index contributed by atoms with van der Waals surface area (Å²) in [5.41, 5.74) is -1.11. The summed E-state index contributed by atoms with van der Waals surface area (Å²) in [6.45, 7) is 1.59. The minimum Gasteiger partial charge on any atom is -0.481 e. The van der Waals surface area contributed by atoms with Crippen molar-refractivity contribution in [3.8, 4) is 0 Å². The Morgan fingerprint density at radius 1 is 1.52 bits per heavy atom. The van der Waals surface area contributed by atoms with Gasteiger partial charge in [-0.1, -0.05) is 24.6 Å². The molecule has 5 nitrogen and oxygen atoms in total. The van der Waals surface area contributed by atoms with Crippen LogP contribution in [0.1, 0.15) is 19.8 Å². The van der Waals surface area contributed by atoms with E-state index in [1.807, 2.05) is 0 Å². The number of carboxylic acids is 1. The molecular weight excluding hydrogens is 321 g/mol. The molecule has 116 valence electrons. The molecule has 1 fully saturated rings. The Kier molecular flexibility index (Phi) is 4.28. The zero-order valence-electron chi connectivity index (χ0n) is 11.3. The first-order valence-electron chi connectivity index (χ1n) is 6.42. The fourth-order valence-electron chi connectivity index (χ4n) is 2.48. The Bertz CT molecular complexity index is 679. The van der Waals surface area contributed by atoms with Gasteiger partial charge in [0, 0.05) is 13.1 Å². The van der Waals surface area contributed by atoms with Crippen molar-refractivity contribution in [3.63, 3.8) is 0 Å². The number of nitrogens with zero attached hydrogens (tertiary/aromatic N) is 1. The van der Waals surface area contributed by atoms with Crippen molar-refractivity contribution in [2.45, 2.75) is 24.7 Å². The van der Waals surface area contributed by atoms with Crippen LogP contribution in [-0.2, 0) is 14.8 Å². The average molecular weight is 336 g/mol. The van der Waals surface area contributed by atoms with Crippen molar-refractivity contribution in [2.75, 3.05) is 13.1 Å². The molecule has 8 heteroatoms. The summed E-state index contributed by atoms with van der Waals surface area (Å²) in [5, 5.41) is 9.02. The molecule has 0 amide bonds. The summed E-state index contributed by atoms with van der Waals surface area (Å²) in [6.07, 6.45) is 0.520. The van der Waals surface area contributed by atoms with Crippen LogP contribution in [0.4, 0.5) is 4.39 Å². The molecule has 0 bridgehead atoms. The lowest BCUT2D eigenvalue weighted by atomic mass is 9.85. The molecule has 1 aliphatic rings. The van der Waals surface area contributed by atoms with E-state index in [1.165, 1.54) is 12.1 Å². The number of sulfonamides is 1. The second-order valence-electron chi connectivity index (χ2n) is 5.08. The average Bonchev–Trinajstić information content (AvgIpc) is 2.88. The molecular formula is C13H15ClFNO4S. The lowest BCUT2D eigenvalue weighted by molar-refractivity contribution is -0.148. The van der Waals surface area contributed by atoms with Gasteiger partial charge in [0.1, 0.15) is 4.90 Å². The first-order valence-corrected chi connectivity index (χ1v) is 8.24. The number of hydrogen-bond acceptors (Lipinski definition) is 3. The van der Waals surface area contributed by atoms with E-state index in [0.29, 0.717) is 6.42 Å². The van der Waals surface area contributed by atoms with Crippen molar-refractivity contribution >= 4 is 27.6 Å². The first-order chi connectivity index (χ1) is 9.74. The van der Waals surface area contributed by atoms with E-state index in [1.54, 1.807) is 6.92 Å². The van der Waals surface area contributed by atoms with Gasteiger partial charge in [0.05, 0.1) is 10.4 Å². The Labute approximate surface area is 127 Å². The largest absolute Gasteiger partial charge is 0.481 e. The SMILES string of the molecule is CCC1(C(=O)O)CCN(S(=O)(=O)c2cccc(Cl)c2F)C1. The number of carboxylic acid groups (broad SMARTS) is 1. The number of rotatable bonds is 4. The molecule has 0 aromatic heterocycles. The maximum Gasteiger partial charge on any atom is 0.311 e. The maximum absolute atomic E-state index is 13.9. The van der Waals surface area contributed by atoms with Crippen molar-refractivity contribution in [1.29, 1.82) is 0 Å². The number of benzene rings is 1. The minimum absolute atomic E-state index is 0.0500. The number of carbonyl (C=O) groups is 1. The molecule has 1 N–H and O–H groups in total. The molecule has 0 saturated carbocycles. The van der Waals surface area contributed by atoms with Gasteiger partial charge in [0.15, 0.2) is 5.82 Å². The van der Waals surface area contributed by atoms with E-state index in [0.717, 1.165) is 10.4 Å². The molecule has 0 radical (unpaired) electrons. The lowest BCUT2D eigenvalue weighted by Crippen LogP contribution is -2.36. The number of hydrogen-bond donors (Lipinski definition) is 1. The molecule has 1 heterocycles. The lowest BCUT2D eigenvalue weighted by Gasteiger charge is -2.23. The monoisotopic (exact) mass is 335 g/mol. The van der Waals surface area contributed by atoms with Gasteiger partial charge in [-0.05, 0) is 25.0 Å². The minimum atomic E-state index is -4.10. The van der Waals surface area contributed by atoms with Crippen LogP contribution < -0.4 is 0 Å². The molecule has 1 aliphatic heterocycles. The highest BCUT2D eigenvalue weighted by molar-refractivity contribution is 7.89. The zero-order chi connectivity index (χ0) is 15.8. The van der Waals surface area contributed by atoms with E-state index in [-0.39, 0.29) is 24.5 Å². The number of halogens is 2. The van der Waals surface area contributed by atoms with Crippen LogP contribution in [0.2, 0.25) is 5.02 Å². The predicted octanol–water partition coefficient (Wildman–Crippen LogP) is 2.35. The van der Waals surface area contributed by atoms with Crippen molar-refractivity contribution in [1.82, 2.24) is 4.31 Å². The standard InChI is InChI=1S/C13H15ClFNO4S/c1-2-13(12(17)18)6-7-16(8-13)21(19,20)10-5-3-4-9(14)11(10)15/h3-5H,2,6-8H2,1H3,(H,17,18). The summed E-state index contributed by atoms with van der Waals surface area (Å²) in [7, 11) is -4.10. The molecule has 1 saturated heterocycles. The maximum atomic E-state index is 13.9. The topological polar surface area (TPSA) is 74.7 Å². The molecule has 2 rings (SSSR count). The second kappa shape index (κ2) is 5.55. The van der Waals surface area contributed by atoms with Crippen LogP contribution in [0.25, 0.3) is 0 Å². The van der Waals surface area contributed by atoms with E-state index in [9.17, 15) is 22.7 Å². The highest BCUT2D eigenvalue weighted by atomic mass is 35.5. The van der Waals surface area contributed by atoms with Crippen LogP contribution >= 0.6 is 11.6 Å². The summed E-state index contributed by atoms with van der Waals surface area (Å²) >= 11 is 5.61. The first kappa shape index (κ1) is 16.2. The Morgan fingerprint density at radius 3 is 2.71 bits per heavy atom. The molecule has 0 aliphatic carbocycles. The van der Waals surface area contributed by atoms with E-state index in [4.69, 9.17) is 11.6 Å². The molecule has 1 unspecified atom stereocenters. The predicted molar refractivity (Wildman–Crippen MR) is 75.1 cm³/mol. The van der Waals surface area contributed by atoms with Gasteiger partial charge in [-0.3, -0.25) is 4.79 Å². The van der Waals surface area contributed by atoms with Crippen LogP contribution in [0.5, 0.6) is 0 Å². The van der Waals surface area contributed by atoms with E-state index >= 15 is 0 Å². The smallest absolute Gasteiger partial charge is 0.311 e. The second-order valence-corrected chi connectivity index (χ2v) is 7.39. The third kappa shape index (κ3) is 2.65.